The number of hydrogen-bond acceptors (Lipinski definition) is 7. The minimum absolute atomic E-state index is 0.0305. The van der Waals surface area contributed by atoms with Crippen molar-refractivity contribution < 1.29 is 19.3 Å². The molecule has 2 heterocycles. The standard InChI is InChI=1S/C30H47N3O5/c1-4-32-12-10-24(19-29(32)34)27-9-11-31-20-28(27)30(35)33(25-7-8-25)21-23-16-22(6-5-13-36-2)17-26(18-23)38-15-14-37-3/h10,12,17-19,23,25,27-28,30-31,35H,4-9,11,13-16,20-21H2,1-3H3/t23?,27?,28-,30?/m0/s1. The fraction of sp³-hybridized carbons (Fsp3) is 0.700. The van der Waals surface area contributed by atoms with E-state index in [-0.39, 0.29) is 23.3 Å². The Labute approximate surface area is 227 Å². The molecule has 2 fully saturated rings. The van der Waals surface area contributed by atoms with Gasteiger partial charge in [0, 0.05) is 64.7 Å². The molecule has 1 saturated carbocycles. The van der Waals surface area contributed by atoms with Crippen molar-refractivity contribution >= 4 is 0 Å². The van der Waals surface area contributed by atoms with Gasteiger partial charge in [-0.1, -0.05) is 5.57 Å². The molecule has 8 nitrogen and oxygen atoms in total. The Hall–Kier alpha value is -1.97. The average molecular weight is 530 g/mol. The van der Waals surface area contributed by atoms with Gasteiger partial charge in [-0.15, -0.1) is 0 Å². The quantitative estimate of drug-likeness (QED) is 0.266. The minimum atomic E-state index is -0.567. The molecule has 0 aromatic carbocycles. The first-order valence-corrected chi connectivity index (χ1v) is 14.4. The number of allylic oxidation sites excluding steroid dienone is 2. The number of aryl methyl sites for hydroxylation is 1. The van der Waals surface area contributed by atoms with Crippen LogP contribution in [0.4, 0.5) is 0 Å². The zero-order valence-corrected chi connectivity index (χ0v) is 23.4. The fourth-order valence-electron chi connectivity index (χ4n) is 6.02. The molecule has 0 radical (unpaired) electrons. The lowest BCUT2D eigenvalue weighted by atomic mass is 9.79. The first-order chi connectivity index (χ1) is 18.5. The number of piperidine rings is 1. The van der Waals surface area contributed by atoms with E-state index in [2.05, 4.69) is 28.4 Å². The maximum absolute atomic E-state index is 12.6. The highest BCUT2D eigenvalue weighted by Gasteiger charge is 2.41. The van der Waals surface area contributed by atoms with E-state index in [1.54, 1.807) is 24.9 Å². The summed E-state index contributed by atoms with van der Waals surface area (Å²) in [5.74, 6) is 1.37. The second-order valence-corrected chi connectivity index (χ2v) is 11.0. The van der Waals surface area contributed by atoms with Crippen LogP contribution in [-0.4, -0.2) is 80.5 Å². The topological polar surface area (TPSA) is 85.2 Å². The van der Waals surface area contributed by atoms with Gasteiger partial charge < -0.3 is 29.2 Å². The molecule has 3 aliphatic rings. The molecule has 1 aromatic rings. The van der Waals surface area contributed by atoms with Gasteiger partial charge in [0.25, 0.3) is 5.56 Å². The molecule has 4 atom stereocenters. The van der Waals surface area contributed by atoms with Crippen LogP contribution in [0.2, 0.25) is 0 Å². The maximum atomic E-state index is 12.6. The minimum Gasteiger partial charge on any atom is -0.492 e. The number of aliphatic hydroxyl groups excluding tert-OH is 1. The van der Waals surface area contributed by atoms with Crippen LogP contribution < -0.4 is 10.9 Å². The number of aromatic nitrogens is 1. The Balaban J connectivity index is 1.49. The van der Waals surface area contributed by atoms with E-state index in [1.807, 2.05) is 13.1 Å². The van der Waals surface area contributed by atoms with Crippen molar-refractivity contribution in [3.63, 3.8) is 0 Å². The summed E-state index contributed by atoms with van der Waals surface area (Å²) in [6, 6.07) is 4.27. The van der Waals surface area contributed by atoms with Crippen molar-refractivity contribution in [1.29, 1.82) is 0 Å². The summed E-state index contributed by atoms with van der Waals surface area (Å²) < 4.78 is 18.2. The van der Waals surface area contributed by atoms with Crippen molar-refractivity contribution in [2.45, 2.75) is 70.2 Å². The summed E-state index contributed by atoms with van der Waals surface area (Å²) in [5.41, 5.74) is 2.47. The van der Waals surface area contributed by atoms with Crippen LogP contribution in [0.15, 0.2) is 46.6 Å². The molecular formula is C30H47N3O5. The fourth-order valence-corrected chi connectivity index (χ4v) is 6.02. The molecule has 1 aliphatic heterocycles. The highest BCUT2D eigenvalue weighted by molar-refractivity contribution is 5.26. The van der Waals surface area contributed by atoms with Crippen LogP contribution >= 0.6 is 0 Å². The van der Waals surface area contributed by atoms with Gasteiger partial charge in [-0.3, -0.25) is 9.69 Å². The summed E-state index contributed by atoms with van der Waals surface area (Å²) in [6.45, 7) is 6.93. The molecule has 38 heavy (non-hydrogen) atoms. The number of ether oxygens (including phenoxy) is 3. The summed E-state index contributed by atoms with van der Waals surface area (Å²) in [5, 5.41) is 15.4. The summed E-state index contributed by atoms with van der Waals surface area (Å²) in [7, 11) is 3.43. The van der Waals surface area contributed by atoms with Gasteiger partial charge in [0.1, 0.15) is 18.6 Å². The third-order valence-corrected chi connectivity index (χ3v) is 8.18. The van der Waals surface area contributed by atoms with Crippen molar-refractivity contribution in [2.75, 3.05) is 53.7 Å². The third-order valence-electron chi connectivity index (χ3n) is 8.18. The van der Waals surface area contributed by atoms with Gasteiger partial charge in [0.2, 0.25) is 0 Å². The third kappa shape index (κ3) is 7.79. The molecule has 1 saturated heterocycles. The molecule has 212 valence electrons. The van der Waals surface area contributed by atoms with Crippen LogP contribution in [0.5, 0.6) is 0 Å². The smallest absolute Gasteiger partial charge is 0.250 e. The van der Waals surface area contributed by atoms with Crippen LogP contribution in [-0.2, 0) is 20.8 Å². The lowest BCUT2D eigenvalue weighted by Gasteiger charge is -2.41. The summed E-state index contributed by atoms with van der Waals surface area (Å²) in [4.78, 5) is 14.9. The van der Waals surface area contributed by atoms with Gasteiger partial charge in [-0.05, 0) is 87.6 Å². The van der Waals surface area contributed by atoms with Crippen molar-refractivity contribution in [3.8, 4) is 0 Å². The number of pyridine rings is 1. The van der Waals surface area contributed by atoms with Crippen molar-refractivity contribution in [2.24, 2.45) is 11.8 Å². The van der Waals surface area contributed by atoms with Crippen LogP contribution in [0.1, 0.15) is 56.9 Å². The monoisotopic (exact) mass is 529 g/mol. The molecule has 8 heteroatoms. The van der Waals surface area contributed by atoms with E-state index in [4.69, 9.17) is 14.2 Å². The van der Waals surface area contributed by atoms with Gasteiger partial charge in [-0.2, -0.15) is 0 Å². The van der Waals surface area contributed by atoms with Crippen LogP contribution in [0, 0.1) is 11.8 Å². The summed E-state index contributed by atoms with van der Waals surface area (Å²) >= 11 is 0. The highest BCUT2D eigenvalue weighted by atomic mass is 16.5. The molecular weight excluding hydrogens is 482 g/mol. The first kappa shape index (κ1) is 29.0. The summed E-state index contributed by atoms with van der Waals surface area (Å²) in [6.07, 6.45) is 11.9. The second-order valence-electron chi connectivity index (χ2n) is 11.0. The van der Waals surface area contributed by atoms with Crippen LogP contribution in [0.3, 0.4) is 0 Å². The lowest BCUT2D eigenvalue weighted by molar-refractivity contribution is -0.0627. The average Bonchev–Trinajstić information content (AvgIpc) is 3.77. The van der Waals surface area contributed by atoms with E-state index < -0.39 is 6.23 Å². The second kappa shape index (κ2) is 14.4. The zero-order chi connectivity index (χ0) is 26.9. The number of rotatable bonds is 15. The Bertz CT molecular complexity index is 1000. The van der Waals surface area contributed by atoms with Crippen LogP contribution in [0.25, 0.3) is 0 Å². The molecule has 4 rings (SSSR count). The van der Waals surface area contributed by atoms with E-state index >= 15 is 0 Å². The molecule has 0 spiro atoms. The number of hydrogen-bond donors (Lipinski definition) is 2. The first-order valence-electron chi connectivity index (χ1n) is 14.4. The highest BCUT2D eigenvalue weighted by Crippen LogP contribution is 2.39. The Morgan fingerprint density at radius 3 is 2.71 bits per heavy atom. The van der Waals surface area contributed by atoms with Crippen molar-refractivity contribution in [3.05, 3.63) is 57.7 Å². The van der Waals surface area contributed by atoms with E-state index in [1.165, 1.54) is 5.57 Å². The molecule has 2 N–H and O–H groups in total. The predicted molar refractivity (Wildman–Crippen MR) is 149 cm³/mol. The number of methoxy groups -OCH3 is 2. The molecule has 1 aromatic heterocycles. The van der Waals surface area contributed by atoms with Gasteiger partial charge in [0.15, 0.2) is 0 Å². The number of nitrogens with zero attached hydrogens (tertiary/aromatic N) is 2. The number of nitrogens with one attached hydrogen (secondary N) is 1. The lowest BCUT2D eigenvalue weighted by Crippen LogP contribution is -2.51. The Morgan fingerprint density at radius 2 is 2.00 bits per heavy atom. The Kier molecular flexibility index (Phi) is 11.0. The van der Waals surface area contributed by atoms with E-state index in [0.717, 1.165) is 76.1 Å². The SMILES string of the molecule is CCn1ccc(C2CCNC[C@@H]2C(O)N(CC2C=C(OCCOC)C=C(CCCOC)C2)C2CC2)cc1=O. The largest absolute Gasteiger partial charge is 0.492 e. The number of aliphatic hydroxyl groups is 1. The molecule has 0 bridgehead atoms. The normalized spacial score (nSPS) is 24.7. The van der Waals surface area contributed by atoms with Gasteiger partial charge in [-0.25, -0.2) is 0 Å². The van der Waals surface area contributed by atoms with E-state index in [9.17, 15) is 9.90 Å². The molecule has 3 unspecified atom stereocenters. The van der Waals surface area contributed by atoms with Crippen molar-refractivity contribution in [1.82, 2.24) is 14.8 Å². The predicted octanol–water partition coefficient (Wildman–Crippen LogP) is 3.26. The maximum Gasteiger partial charge on any atom is 0.250 e. The molecule has 2 aliphatic carbocycles. The van der Waals surface area contributed by atoms with E-state index in [0.29, 0.717) is 25.8 Å². The zero-order valence-electron chi connectivity index (χ0n) is 23.4. The van der Waals surface area contributed by atoms with Gasteiger partial charge >= 0.3 is 0 Å². The Morgan fingerprint density at radius 1 is 1.18 bits per heavy atom. The van der Waals surface area contributed by atoms with Gasteiger partial charge in [0.05, 0.1) is 6.61 Å². The molecule has 0 amide bonds.